The Morgan fingerprint density at radius 3 is 2.65 bits per heavy atom. The zero-order valence-electron chi connectivity index (χ0n) is 9.89. The third-order valence-electron chi connectivity index (χ3n) is 2.40. The van der Waals surface area contributed by atoms with Crippen LogP contribution >= 0.6 is 22.9 Å². The molecule has 1 N–H and O–H groups in total. The number of nitrogens with zero attached hydrogens (tertiary/aromatic N) is 5. The Labute approximate surface area is 122 Å². The standard InChI is InChI=1S/C11H7ClN6OS/c12-11-17-16-10(20-11)9(19)15-7-1-3-8(4-2-7)18-6-13-5-14-18/h1-6H,(H,15,19). The molecule has 0 spiro atoms. The summed E-state index contributed by atoms with van der Waals surface area (Å²) < 4.78 is 1.85. The van der Waals surface area contributed by atoms with Crippen LogP contribution in [0.25, 0.3) is 5.69 Å². The van der Waals surface area contributed by atoms with Gasteiger partial charge in [-0.15, -0.1) is 10.2 Å². The van der Waals surface area contributed by atoms with Crippen LogP contribution in [0, 0.1) is 0 Å². The molecule has 3 rings (SSSR count). The fourth-order valence-corrected chi connectivity index (χ4v) is 2.24. The molecule has 2 aromatic heterocycles. The second-order valence-corrected chi connectivity index (χ2v) is 5.26. The monoisotopic (exact) mass is 306 g/mol. The minimum absolute atomic E-state index is 0.218. The second kappa shape index (κ2) is 5.35. The largest absolute Gasteiger partial charge is 0.320 e. The summed E-state index contributed by atoms with van der Waals surface area (Å²) >= 11 is 6.66. The molecular weight excluding hydrogens is 300 g/mol. The molecule has 0 saturated carbocycles. The van der Waals surface area contributed by atoms with Crippen molar-refractivity contribution in [2.45, 2.75) is 0 Å². The lowest BCUT2D eigenvalue weighted by molar-refractivity contribution is 0.102. The minimum atomic E-state index is -0.345. The van der Waals surface area contributed by atoms with E-state index in [0.717, 1.165) is 17.0 Å². The van der Waals surface area contributed by atoms with Crippen LogP contribution in [0.15, 0.2) is 36.9 Å². The summed E-state index contributed by atoms with van der Waals surface area (Å²) in [5, 5.41) is 14.2. The second-order valence-electron chi connectivity index (χ2n) is 3.70. The van der Waals surface area contributed by atoms with E-state index in [-0.39, 0.29) is 15.4 Å². The summed E-state index contributed by atoms with van der Waals surface area (Å²) in [6, 6.07) is 7.16. The Morgan fingerprint density at radius 2 is 2.05 bits per heavy atom. The molecular formula is C11H7ClN6OS. The quantitative estimate of drug-likeness (QED) is 0.800. The van der Waals surface area contributed by atoms with Crippen molar-refractivity contribution in [2.75, 3.05) is 5.32 Å². The topological polar surface area (TPSA) is 85.6 Å². The molecule has 0 saturated heterocycles. The molecule has 0 unspecified atom stereocenters. The molecule has 0 atom stereocenters. The first-order valence-electron chi connectivity index (χ1n) is 5.48. The summed E-state index contributed by atoms with van der Waals surface area (Å²) in [7, 11) is 0. The van der Waals surface area contributed by atoms with Crippen LogP contribution in [0.1, 0.15) is 9.80 Å². The molecule has 3 aromatic rings. The molecule has 0 fully saturated rings. The van der Waals surface area contributed by atoms with Gasteiger partial charge in [0.1, 0.15) is 12.7 Å². The van der Waals surface area contributed by atoms with Crippen LogP contribution in [0.2, 0.25) is 4.47 Å². The summed E-state index contributed by atoms with van der Waals surface area (Å²) in [6.45, 7) is 0. The molecule has 0 radical (unpaired) electrons. The van der Waals surface area contributed by atoms with Gasteiger partial charge in [0, 0.05) is 5.69 Å². The highest BCUT2D eigenvalue weighted by molar-refractivity contribution is 7.17. The Bertz CT molecular complexity index is 724. The molecule has 7 nitrogen and oxygen atoms in total. The van der Waals surface area contributed by atoms with E-state index in [2.05, 4.69) is 25.6 Å². The van der Waals surface area contributed by atoms with E-state index in [4.69, 9.17) is 11.6 Å². The van der Waals surface area contributed by atoms with E-state index in [0.29, 0.717) is 5.69 Å². The maximum Gasteiger partial charge on any atom is 0.286 e. The van der Waals surface area contributed by atoms with Gasteiger partial charge in [-0.1, -0.05) is 11.3 Å². The minimum Gasteiger partial charge on any atom is -0.320 e. The average molecular weight is 307 g/mol. The SMILES string of the molecule is O=C(Nc1ccc(-n2cncn2)cc1)c1nnc(Cl)s1. The fourth-order valence-electron chi connectivity index (χ4n) is 1.52. The third kappa shape index (κ3) is 2.65. The Morgan fingerprint density at radius 1 is 1.25 bits per heavy atom. The van der Waals surface area contributed by atoms with Gasteiger partial charge in [-0.05, 0) is 35.9 Å². The van der Waals surface area contributed by atoms with Crippen molar-refractivity contribution < 1.29 is 4.79 Å². The number of carbonyl (C=O) groups excluding carboxylic acids is 1. The van der Waals surface area contributed by atoms with Gasteiger partial charge in [0.25, 0.3) is 5.91 Å². The van der Waals surface area contributed by atoms with Crippen molar-refractivity contribution in [1.82, 2.24) is 25.0 Å². The van der Waals surface area contributed by atoms with Crippen LogP contribution in [0.4, 0.5) is 5.69 Å². The molecule has 2 heterocycles. The first-order chi connectivity index (χ1) is 9.72. The van der Waals surface area contributed by atoms with Crippen molar-refractivity contribution >= 4 is 34.5 Å². The molecule has 0 aliphatic rings. The average Bonchev–Trinajstić information content (AvgIpc) is 3.10. The van der Waals surface area contributed by atoms with Crippen molar-refractivity contribution in [3.63, 3.8) is 0 Å². The number of hydrogen-bond acceptors (Lipinski definition) is 6. The maximum absolute atomic E-state index is 11.9. The van der Waals surface area contributed by atoms with Crippen molar-refractivity contribution in [1.29, 1.82) is 0 Å². The van der Waals surface area contributed by atoms with Crippen LogP contribution in [0.5, 0.6) is 0 Å². The molecule has 0 aliphatic carbocycles. The summed E-state index contributed by atoms with van der Waals surface area (Å²) in [5.74, 6) is -0.345. The highest BCUT2D eigenvalue weighted by atomic mass is 35.5. The molecule has 1 aromatic carbocycles. The summed E-state index contributed by atoms with van der Waals surface area (Å²) in [5.41, 5.74) is 1.49. The third-order valence-corrected chi connectivity index (χ3v) is 3.42. The van der Waals surface area contributed by atoms with E-state index >= 15 is 0 Å². The number of anilines is 1. The maximum atomic E-state index is 11.9. The number of benzene rings is 1. The molecule has 0 aliphatic heterocycles. The zero-order valence-corrected chi connectivity index (χ0v) is 11.5. The fraction of sp³-hybridized carbons (Fsp3) is 0. The smallest absolute Gasteiger partial charge is 0.286 e. The van der Waals surface area contributed by atoms with E-state index < -0.39 is 0 Å². The van der Waals surface area contributed by atoms with Gasteiger partial charge in [-0.3, -0.25) is 4.79 Å². The molecule has 0 bridgehead atoms. The molecule has 20 heavy (non-hydrogen) atoms. The Kier molecular flexibility index (Phi) is 3.40. The van der Waals surface area contributed by atoms with Gasteiger partial charge in [-0.25, -0.2) is 9.67 Å². The molecule has 1 amide bonds. The highest BCUT2D eigenvalue weighted by Crippen LogP contribution is 2.17. The summed E-state index contributed by atoms with van der Waals surface area (Å²) in [4.78, 5) is 15.7. The number of hydrogen-bond donors (Lipinski definition) is 1. The van der Waals surface area contributed by atoms with Crippen LogP contribution in [-0.4, -0.2) is 30.9 Å². The van der Waals surface area contributed by atoms with Gasteiger partial charge in [0.05, 0.1) is 5.69 Å². The lowest BCUT2D eigenvalue weighted by atomic mass is 10.3. The lowest BCUT2D eigenvalue weighted by Crippen LogP contribution is -2.11. The predicted octanol–water partition coefficient (Wildman–Crippen LogP) is 2.02. The number of carbonyl (C=O) groups is 1. The molecule has 9 heteroatoms. The van der Waals surface area contributed by atoms with Gasteiger partial charge in [0.2, 0.25) is 9.47 Å². The van der Waals surface area contributed by atoms with Crippen molar-refractivity contribution in [2.24, 2.45) is 0 Å². The van der Waals surface area contributed by atoms with Crippen LogP contribution < -0.4 is 5.32 Å². The zero-order chi connectivity index (χ0) is 13.9. The normalized spacial score (nSPS) is 10.4. The number of amides is 1. The van der Waals surface area contributed by atoms with E-state index in [1.807, 2.05) is 12.1 Å². The van der Waals surface area contributed by atoms with Crippen molar-refractivity contribution in [3.8, 4) is 5.69 Å². The van der Waals surface area contributed by atoms with E-state index in [9.17, 15) is 4.79 Å². The van der Waals surface area contributed by atoms with Crippen LogP contribution in [-0.2, 0) is 0 Å². The van der Waals surface area contributed by atoms with Gasteiger partial charge >= 0.3 is 0 Å². The number of halogens is 1. The van der Waals surface area contributed by atoms with Crippen LogP contribution in [0.3, 0.4) is 0 Å². The lowest BCUT2D eigenvalue weighted by Gasteiger charge is -2.04. The number of aromatic nitrogens is 5. The molecule has 100 valence electrons. The first-order valence-corrected chi connectivity index (χ1v) is 6.67. The van der Waals surface area contributed by atoms with Gasteiger partial charge in [-0.2, -0.15) is 5.10 Å². The summed E-state index contributed by atoms with van der Waals surface area (Å²) in [6.07, 6.45) is 3.05. The number of rotatable bonds is 3. The van der Waals surface area contributed by atoms with E-state index in [1.165, 1.54) is 6.33 Å². The highest BCUT2D eigenvalue weighted by Gasteiger charge is 2.12. The Balaban J connectivity index is 1.74. The number of nitrogens with one attached hydrogen (secondary N) is 1. The Hall–Kier alpha value is -2.32. The van der Waals surface area contributed by atoms with Gasteiger partial charge in [0.15, 0.2) is 0 Å². The van der Waals surface area contributed by atoms with E-state index in [1.54, 1.807) is 23.1 Å². The van der Waals surface area contributed by atoms with Crippen molar-refractivity contribution in [3.05, 3.63) is 46.4 Å². The first kappa shape index (κ1) is 12.7. The van der Waals surface area contributed by atoms with Gasteiger partial charge < -0.3 is 5.32 Å². The predicted molar refractivity (Wildman–Crippen MR) is 74.2 cm³/mol.